The van der Waals surface area contributed by atoms with Crippen molar-refractivity contribution in [3.05, 3.63) is 0 Å². The lowest BCUT2D eigenvalue weighted by Gasteiger charge is -2.26. The molecule has 0 saturated carbocycles. The zero-order valence-electron chi connectivity index (χ0n) is 10.9. The van der Waals surface area contributed by atoms with Crippen LogP contribution in [0, 0.1) is 0 Å². The van der Waals surface area contributed by atoms with Gasteiger partial charge in [0.05, 0.1) is 12.1 Å². The summed E-state index contributed by atoms with van der Waals surface area (Å²) in [7, 11) is 0. The fraction of sp³-hybridized carbons (Fsp3) is 0.600. The molecule has 0 bridgehead atoms. The fourth-order valence-electron chi connectivity index (χ4n) is 1.39. The third-order valence-corrected chi connectivity index (χ3v) is 2.21. The number of carboxylic acids is 1. The van der Waals surface area contributed by atoms with E-state index in [2.05, 4.69) is 0 Å². The van der Waals surface area contributed by atoms with Crippen molar-refractivity contribution < 1.29 is 35.9 Å². The van der Waals surface area contributed by atoms with Crippen LogP contribution in [0.2, 0.25) is 0 Å². The SMILES string of the molecule is [2H]C(=O)[C@H](C[C@H](O)[C@H](O)C(=O)O)N(C(C)=O)C(C)=O. The Morgan fingerprint density at radius 2 is 1.72 bits per heavy atom. The molecule has 0 saturated heterocycles. The van der Waals surface area contributed by atoms with E-state index < -0.39 is 48.7 Å². The number of aliphatic hydroxyl groups is 2. The number of rotatable bonds is 6. The number of aldehydes is 1. The predicted molar refractivity (Wildman–Crippen MR) is 57.3 cm³/mol. The zero-order chi connectivity index (χ0) is 15.3. The van der Waals surface area contributed by atoms with E-state index in [1.807, 2.05) is 0 Å². The van der Waals surface area contributed by atoms with Crippen LogP contribution in [0.1, 0.15) is 21.6 Å². The molecule has 0 aliphatic rings. The first-order valence-corrected chi connectivity index (χ1v) is 4.99. The van der Waals surface area contributed by atoms with Gasteiger partial charge in [0, 0.05) is 20.3 Å². The number of carbonyl (C=O) groups excluding carboxylic acids is 3. The number of nitrogens with zero attached hydrogens (tertiary/aromatic N) is 1. The van der Waals surface area contributed by atoms with Crippen molar-refractivity contribution in [2.24, 2.45) is 0 Å². The molecule has 0 fully saturated rings. The highest BCUT2D eigenvalue weighted by Crippen LogP contribution is 2.10. The Labute approximate surface area is 104 Å². The van der Waals surface area contributed by atoms with Crippen molar-refractivity contribution in [1.29, 1.82) is 0 Å². The predicted octanol–water partition coefficient (Wildman–Crippen LogP) is -1.85. The molecular formula is C10H15NO7. The molecular weight excluding hydrogens is 246 g/mol. The molecule has 0 aromatic heterocycles. The van der Waals surface area contributed by atoms with Crippen LogP contribution in [0.4, 0.5) is 0 Å². The highest BCUT2D eigenvalue weighted by Gasteiger charge is 2.31. The van der Waals surface area contributed by atoms with E-state index >= 15 is 0 Å². The second-order valence-corrected chi connectivity index (χ2v) is 3.63. The summed E-state index contributed by atoms with van der Waals surface area (Å²) in [5.74, 6) is -3.37. The third-order valence-electron chi connectivity index (χ3n) is 2.21. The third kappa shape index (κ3) is 4.22. The Balaban J connectivity index is 5.13. The second kappa shape index (κ2) is 6.82. The lowest BCUT2D eigenvalue weighted by Crippen LogP contribution is -2.47. The first-order valence-electron chi connectivity index (χ1n) is 5.49. The molecule has 0 heterocycles. The normalized spacial score (nSPS) is 16.1. The van der Waals surface area contributed by atoms with Gasteiger partial charge >= 0.3 is 5.97 Å². The second-order valence-electron chi connectivity index (χ2n) is 3.63. The number of imide groups is 1. The van der Waals surface area contributed by atoms with Gasteiger partial charge in [-0.25, -0.2) is 4.79 Å². The number of hydrogen-bond acceptors (Lipinski definition) is 6. The number of hydrogen-bond donors (Lipinski definition) is 3. The van der Waals surface area contributed by atoms with Crippen molar-refractivity contribution in [3.63, 3.8) is 0 Å². The van der Waals surface area contributed by atoms with Crippen molar-refractivity contribution >= 4 is 24.0 Å². The van der Waals surface area contributed by atoms with Gasteiger partial charge in [0.15, 0.2) is 6.10 Å². The highest BCUT2D eigenvalue weighted by molar-refractivity contribution is 5.95. The van der Waals surface area contributed by atoms with Crippen LogP contribution in [-0.2, 0) is 19.2 Å². The summed E-state index contributed by atoms with van der Waals surface area (Å²) < 4.78 is 6.97. The zero-order valence-corrected chi connectivity index (χ0v) is 9.86. The maximum atomic E-state index is 11.2. The first kappa shape index (κ1) is 14.3. The lowest BCUT2D eigenvalue weighted by molar-refractivity contribution is -0.155. The van der Waals surface area contributed by atoms with Gasteiger partial charge in [0.1, 0.15) is 7.63 Å². The Kier molecular flexibility index (Phi) is 5.40. The van der Waals surface area contributed by atoms with Crippen molar-refractivity contribution in [2.75, 3.05) is 0 Å². The molecule has 0 aliphatic carbocycles. The molecule has 0 rings (SSSR count). The van der Waals surface area contributed by atoms with Gasteiger partial charge in [0.2, 0.25) is 11.8 Å². The number of carbonyl (C=O) groups is 4. The van der Waals surface area contributed by atoms with Crippen molar-refractivity contribution in [2.45, 2.75) is 38.5 Å². The molecule has 0 spiro atoms. The van der Waals surface area contributed by atoms with Gasteiger partial charge in [-0.2, -0.15) is 0 Å². The summed E-state index contributed by atoms with van der Waals surface area (Å²) >= 11 is 0. The summed E-state index contributed by atoms with van der Waals surface area (Å²) in [6.07, 6.45) is -6.14. The minimum absolute atomic E-state index is 0.438. The molecule has 2 amide bonds. The van der Waals surface area contributed by atoms with Crippen LogP contribution in [0.3, 0.4) is 0 Å². The Bertz CT molecular complexity index is 383. The van der Waals surface area contributed by atoms with Gasteiger partial charge in [0.25, 0.3) is 0 Å². The molecule has 3 N–H and O–H groups in total. The van der Waals surface area contributed by atoms with Crippen molar-refractivity contribution in [1.82, 2.24) is 4.90 Å². The lowest BCUT2D eigenvalue weighted by atomic mass is 10.0. The van der Waals surface area contributed by atoms with Gasteiger partial charge < -0.3 is 20.1 Å². The monoisotopic (exact) mass is 262 g/mol. The number of aliphatic hydroxyl groups excluding tert-OH is 2. The number of aliphatic carboxylic acids is 1. The Hall–Kier alpha value is -1.80. The van der Waals surface area contributed by atoms with Crippen LogP contribution < -0.4 is 0 Å². The molecule has 8 nitrogen and oxygen atoms in total. The van der Waals surface area contributed by atoms with E-state index in [1.54, 1.807) is 0 Å². The summed E-state index contributed by atoms with van der Waals surface area (Å²) in [4.78, 5) is 44.4. The highest BCUT2D eigenvalue weighted by atomic mass is 16.4. The van der Waals surface area contributed by atoms with Gasteiger partial charge in [-0.3, -0.25) is 14.5 Å². The van der Waals surface area contributed by atoms with E-state index in [9.17, 15) is 24.3 Å². The van der Waals surface area contributed by atoms with Gasteiger partial charge in [-0.05, 0) is 0 Å². The summed E-state index contributed by atoms with van der Waals surface area (Å²) in [5, 5.41) is 26.9. The van der Waals surface area contributed by atoms with Gasteiger partial charge in [-0.1, -0.05) is 0 Å². The average molecular weight is 262 g/mol. The topological polar surface area (TPSA) is 132 Å². The number of amides is 2. The van der Waals surface area contributed by atoms with Crippen LogP contribution in [0.25, 0.3) is 0 Å². The molecule has 3 atom stereocenters. The minimum atomic E-state index is -2.18. The molecule has 0 radical (unpaired) electrons. The molecule has 102 valence electrons. The van der Waals surface area contributed by atoms with E-state index in [0.29, 0.717) is 4.90 Å². The maximum Gasteiger partial charge on any atom is 0.335 e. The molecule has 18 heavy (non-hydrogen) atoms. The molecule has 0 aromatic carbocycles. The molecule has 0 aliphatic heterocycles. The van der Waals surface area contributed by atoms with Crippen LogP contribution >= 0.6 is 0 Å². The van der Waals surface area contributed by atoms with Crippen LogP contribution in [0.15, 0.2) is 0 Å². The van der Waals surface area contributed by atoms with Gasteiger partial charge in [-0.15, -0.1) is 0 Å². The van der Waals surface area contributed by atoms with E-state index in [1.165, 1.54) is 0 Å². The standard InChI is InChI=1S/C10H15NO7/c1-5(13)11(6(2)14)7(4-12)3-8(15)9(16)10(17)18/h4,7-9,15-16H,3H2,1-2H3,(H,17,18)/t7-,8-,9-/m0/s1/i4D. The summed E-state index contributed by atoms with van der Waals surface area (Å²) in [6.45, 7) is 1.97. The van der Waals surface area contributed by atoms with Crippen LogP contribution in [0.5, 0.6) is 0 Å². The van der Waals surface area contributed by atoms with Crippen molar-refractivity contribution in [3.8, 4) is 0 Å². The fourth-order valence-corrected chi connectivity index (χ4v) is 1.39. The molecule has 0 unspecified atom stereocenters. The maximum absolute atomic E-state index is 11.2. The molecule has 8 heteroatoms. The largest absolute Gasteiger partial charge is 0.479 e. The van der Waals surface area contributed by atoms with E-state index in [4.69, 9.17) is 11.6 Å². The van der Waals surface area contributed by atoms with E-state index in [-0.39, 0.29) is 0 Å². The smallest absolute Gasteiger partial charge is 0.335 e. The average Bonchev–Trinajstić information content (AvgIpc) is 2.25. The van der Waals surface area contributed by atoms with Crippen LogP contribution in [-0.4, -0.2) is 62.5 Å². The van der Waals surface area contributed by atoms with E-state index in [0.717, 1.165) is 13.8 Å². The Morgan fingerprint density at radius 3 is 2.00 bits per heavy atom. The number of carboxylic acid groups (broad SMARTS) is 1. The minimum Gasteiger partial charge on any atom is -0.479 e. The summed E-state index contributed by atoms with van der Waals surface area (Å²) in [6, 6.07) is -1.64. The summed E-state index contributed by atoms with van der Waals surface area (Å²) in [5.41, 5.74) is 0. The Morgan fingerprint density at radius 1 is 1.28 bits per heavy atom. The quantitative estimate of drug-likeness (QED) is 0.478. The first-order chi connectivity index (χ1) is 8.59. The molecule has 0 aromatic rings.